The number of fused-ring (bicyclic) bond motifs is 2. The molecule has 130 valence electrons. The van der Waals surface area contributed by atoms with Crippen molar-refractivity contribution in [3.05, 3.63) is 71.1 Å². The van der Waals surface area contributed by atoms with Crippen LogP contribution in [-0.4, -0.2) is 17.8 Å². The van der Waals surface area contributed by atoms with E-state index >= 15 is 0 Å². The molecular formula is C18H15N4O3S+. The van der Waals surface area contributed by atoms with Gasteiger partial charge in [0.25, 0.3) is 11.2 Å². The van der Waals surface area contributed by atoms with E-state index < -0.39 is 9.84 Å². The lowest BCUT2D eigenvalue weighted by Gasteiger charge is -2.10. The molecule has 0 spiro atoms. The predicted molar refractivity (Wildman–Crippen MR) is 96.5 cm³/mol. The molecule has 0 fully saturated rings. The molecular weight excluding hydrogens is 352 g/mol. The highest BCUT2D eigenvalue weighted by atomic mass is 32.2. The topological polar surface area (TPSA) is 98.4 Å². The van der Waals surface area contributed by atoms with Gasteiger partial charge in [0.15, 0.2) is 0 Å². The van der Waals surface area contributed by atoms with Gasteiger partial charge in [0.1, 0.15) is 10.3 Å². The van der Waals surface area contributed by atoms with Crippen molar-refractivity contribution >= 4 is 32.3 Å². The molecule has 8 heteroatoms. The molecule has 2 N–H and O–H groups in total. The van der Waals surface area contributed by atoms with Crippen molar-refractivity contribution in [2.45, 2.75) is 9.79 Å². The van der Waals surface area contributed by atoms with Gasteiger partial charge in [0.05, 0.1) is 11.9 Å². The van der Waals surface area contributed by atoms with E-state index in [9.17, 15) is 13.2 Å². The second-order valence-corrected chi connectivity index (χ2v) is 7.77. The number of aromatic nitrogens is 3. The van der Waals surface area contributed by atoms with Gasteiger partial charge in [-0.15, -0.1) is 0 Å². The minimum absolute atomic E-state index is 0.0218. The Morgan fingerprint density at radius 2 is 1.77 bits per heavy atom. The molecule has 4 aromatic rings. The molecule has 4 rings (SSSR count). The van der Waals surface area contributed by atoms with Crippen molar-refractivity contribution in [1.82, 2.24) is 9.38 Å². The van der Waals surface area contributed by atoms with Crippen molar-refractivity contribution in [3.8, 4) is 0 Å². The van der Waals surface area contributed by atoms with Crippen molar-refractivity contribution in [3.63, 3.8) is 0 Å². The zero-order chi connectivity index (χ0) is 18.5. The van der Waals surface area contributed by atoms with Crippen LogP contribution in [0.25, 0.3) is 16.7 Å². The highest BCUT2D eigenvalue weighted by Gasteiger charge is 2.27. The highest BCUT2D eigenvalue weighted by Crippen LogP contribution is 2.25. The number of nitrogens with two attached hydrogens (primary N) is 1. The number of anilines is 1. The maximum Gasteiger partial charge on any atom is 0.278 e. The van der Waals surface area contributed by atoms with E-state index in [1.807, 2.05) is 0 Å². The Kier molecular flexibility index (Phi) is 3.52. The predicted octanol–water partition coefficient (Wildman–Crippen LogP) is 1.09. The lowest BCUT2D eigenvalue weighted by atomic mass is 10.3. The Hall–Kier alpha value is -3.26. The molecule has 3 heterocycles. The zero-order valence-corrected chi connectivity index (χ0v) is 14.6. The standard InChI is InChI=1S/C18H14N4O3S/c1-21-16(19)14(26(24,25)12-7-3-2-4-8-12)11-13-17(21)20-15-9-5-6-10-22(15)18(13)23/h2-11,19H,1H3/p+1. The SMILES string of the molecule is C[n+]1c(N)c(S(=O)(=O)c2ccccc2)cc2c(=O)n3ccccc3nc21. The molecule has 26 heavy (non-hydrogen) atoms. The van der Waals surface area contributed by atoms with Gasteiger partial charge < -0.3 is 5.73 Å². The average Bonchev–Trinajstić information content (AvgIpc) is 2.66. The molecule has 0 saturated heterocycles. The summed E-state index contributed by atoms with van der Waals surface area (Å²) < 4.78 is 28.8. The number of rotatable bonds is 2. The Bertz CT molecular complexity index is 1330. The van der Waals surface area contributed by atoms with E-state index in [1.54, 1.807) is 49.6 Å². The first-order valence-corrected chi connectivity index (χ1v) is 9.29. The van der Waals surface area contributed by atoms with E-state index in [1.165, 1.54) is 27.2 Å². The third-order valence-corrected chi connectivity index (χ3v) is 6.10. The number of nitrogen functional groups attached to an aromatic ring is 1. The van der Waals surface area contributed by atoms with E-state index in [0.29, 0.717) is 11.3 Å². The summed E-state index contributed by atoms with van der Waals surface area (Å²) in [6, 6.07) is 14.5. The fourth-order valence-corrected chi connectivity index (χ4v) is 4.35. The molecule has 3 aromatic heterocycles. The van der Waals surface area contributed by atoms with Gasteiger partial charge in [-0.2, -0.15) is 0 Å². The van der Waals surface area contributed by atoms with Crippen LogP contribution in [0.15, 0.2) is 75.4 Å². The molecule has 0 bridgehead atoms. The van der Waals surface area contributed by atoms with Gasteiger partial charge in [0.2, 0.25) is 21.3 Å². The quantitative estimate of drug-likeness (QED) is 0.422. The van der Waals surface area contributed by atoms with Gasteiger partial charge in [-0.1, -0.05) is 29.2 Å². The lowest BCUT2D eigenvalue weighted by molar-refractivity contribution is -0.633. The van der Waals surface area contributed by atoms with Gasteiger partial charge >= 0.3 is 0 Å². The zero-order valence-electron chi connectivity index (χ0n) is 13.8. The summed E-state index contributed by atoms with van der Waals surface area (Å²) in [6.45, 7) is 0. The maximum absolute atomic E-state index is 13.0. The normalized spacial score (nSPS) is 11.9. The first-order chi connectivity index (χ1) is 12.4. The summed E-state index contributed by atoms with van der Waals surface area (Å²) in [6.07, 6.45) is 1.59. The molecule has 0 aliphatic rings. The highest BCUT2D eigenvalue weighted by molar-refractivity contribution is 7.91. The smallest absolute Gasteiger partial charge is 0.278 e. The largest absolute Gasteiger partial charge is 0.317 e. The number of aryl methyl sites for hydroxylation is 1. The summed E-state index contributed by atoms with van der Waals surface area (Å²) in [4.78, 5) is 17.3. The first kappa shape index (κ1) is 16.2. The average molecular weight is 367 g/mol. The Balaban J connectivity index is 2.13. The van der Waals surface area contributed by atoms with Crippen LogP contribution in [0.3, 0.4) is 0 Å². The van der Waals surface area contributed by atoms with Crippen LogP contribution in [0.4, 0.5) is 5.82 Å². The van der Waals surface area contributed by atoms with Crippen LogP contribution in [0.5, 0.6) is 0 Å². The van der Waals surface area contributed by atoms with Crippen LogP contribution in [0, 0.1) is 0 Å². The summed E-state index contributed by atoms with van der Waals surface area (Å²) in [5.41, 5.74) is 6.53. The van der Waals surface area contributed by atoms with E-state index in [0.717, 1.165) is 0 Å². The van der Waals surface area contributed by atoms with Crippen LogP contribution >= 0.6 is 0 Å². The molecule has 0 amide bonds. The number of benzene rings is 1. The van der Waals surface area contributed by atoms with Crippen molar-refractivity contribution < 1.29 is 13.0 Å². The van der Waals surface area contributed by atoms with Gasteiger partial charge in [-0.3, -0.25) is 9.20 Å². The fraction of sp³-hybridized carbons (Fsp3) is 0.0556. The third-order valence-electron chi connectivity index (χ3n) is 4.30. The maximum atomic E-state index is 13.0. The number of hydrogen-bond acceptors (Lipinski definition) is 5. The minimum Gasteiger partial charge on any atom is -0.317 e. The summed E-state index contributed by atoms with van der Waals surface area (Å²) >= 11 is 0. The molecule has 0 aliphatic heterocycles. The Morgan fingerprint density at radius 1 is 1.08 bits per heavy atom. The molecule has 0 unspecified atom stereocenters. The Morgan fingerprint density at radius 3 is 2.50 bits per heavy atom. The number of pyridine rings is 2. The third kappa shape index (κ3) is 2.26. The fourth-order valence-electron chi connectivity index (χ4n) is 2.90. The minimum atomic E-state index is -3.88. The number of hydrogen-bond donors (Lipinski definition) is 1. The molecule has 0 aliphatic carbocycles. The van der Waals surface area contributed by atoms with E-state index in [2.05, 4.69) is 4.98 Å². The summed E-state index contributed by atoms with van der Waals surface area (Å²) in [7, 11) is -2.28. The van der Waals surface area contributed by atoms with E-state index in [-0.39, 0.29) is 26.6 Å². The van der Waals surface area contributed by atoms with Crippen LogP contribution in [0.1, 0.15) is 0 Å². The number of sulfone groups is 1. The molecule has 0 radical (unpaired) electrons. The first-order valence-electron chi connectivity index (χ1n) is 7.81. The molecule has 0 atom stereocenters. The monoisotopic (exact) mass is 367 g/mol. The van der Waals surface area contributed by atoms with Crippen LogP contribution in [-0.2, 0) is 16.9 Å². The van der Waals surface area contributed by atoms with Gasteiger partial charge in [-0.25, -0.2) is 13.0 Å². The van der Waals surface area contributed by atoms with Gasteiger partial charge in [0, 0.05) is 6.20 Å². The second-order valence-electron chi connectivity index (χ2n) is 5.85. The van der Waals surface area contributed by atoms with E-state index in [4.69, 9.17) is 5.73 Å². The van der Waals surface area contributed by atoms with Crippen LogP contribution in [0.2, 0.25) is 0 Å². The van der Waals surface area contributed by atoms with Crippen molar-refractivity contribution in [2.24, 2.45) is 7.05 Å². The molecule has 1 aromatic carbocycles. The molecule has 7 nitrogen and oxygen atoms in total. The van der Waals surface area contributed by atoms with Crippen molar-refractivity contribution in [1.29, 1.82) is 0 Å². The number of nitrogens with zero attached hydrogens (tertiary/aromatic N) is 3. The van der Waals surface area contributed by atoms with Crippen molar-refractivity contribution in [2.75, 3.05) is 5.73 Å². The summed E-state index contributed by atoms with van der Waals surface area (Å²) in [5.74, 6) is 0.0218. The van der Waals surface area contributed by atoms with Gasteiger partial charge in [-0.05, 0) is 30.3 Å². The lowest BCUT2D eigenvalue weighted by Crippen LogP contribution is -2.37. The van der Waals surface area contributed by atoms with Crippen LogP contribution < -0.4 is 15.9 Å². The molecule has 0 saturated carbocycles. The second kappa shape index (κ2) is 5.63. The summed E-state index contributed by atoms with van der Waals surface area (Å²) in [5, 5.41) is 0.180. The Labute approximate surface area is 148 Å².